The van der Waals surface area contributed by atoms with Crippen molar-refractivity contribution in [2.24, 2.45) is 17.6 Å². The van der Waals surface area contributed by atoms with Gasteiger partial charge in [0, 0.05) is 23.5 Å². The Morgan fingerprint density at radius 1 is 1.48 bits per heavy atom. The summed E-state index contributed by atoms with van der Waals surface area (Å²) in [6.07, 6.45) is 2.42. The third-order valence-corrected chi connectivity index (χ3v) is 5.37. The Morgan fingerprint density at radius 2 is 2.28 bits per heavy atom. The highest BCUT2D eigenvalue weighted by Crippen LogP contribution is 2.45. The first-order valence-corrected chi connectivity index (χ1v) is 8.42. The molecule has 3 aromatic heterocycles. The summed E-state index contributed by atoms with van der Waals surface area (Å²) in [5, 5.41) is 0.759. The minimum absolute atomic E-state index is 0.106. The van der Waals surface area contributed by atoms with Crippen LogP contribution in [0.1, 0.15) is 44.5 Å². The number of pyridine rings is 1. The fraction of sp³-hybridized carbons (Fsp3) is 0.471. The molecule has 3 N–H and O–H groups in total. The summed E-state index contributed by atoms with van der Waals surface area (Å²) in [6, 6.07) is 1.59. The lowest BCUT2D eigenvalue weighted by Crippen LogP contribution is -2.21. The molecule has 0 saturated heterocycles. The molecule has 1 aliphatic rings. The van der Waals surface area contributed by atoms with Crippen molar-refractivity contribution in [3.8, 4) is 0 Å². The van der Waals surface area contributed by atoms with E-state index in [1.807, 2.05) is 13.0 Å². The highest BCUT2D eigenvalue weighted by molar-refractivity contribution is 6.01. The smallest absolute Gasteiger partial charge is 0.295 e. The minimum atomic E-state index is -2.70. The number of alkyl halides is 2. The average Bonchev–Trinajstić information content (AvgIpc) is 3.28. The molecule has 0 aromatic carbocycles. The number of fused-ring (bicyclic) bond motifs is 3. The molecule has 0 bridgehead atoms. The van der Waals surface area contributed by atoms with Crippen molar-refractivity contribution in [3.05, 3.63) is 24.3 Å². The molecule has 0 spiro atoms. The number of imidazole rings is 1. The summed E-state index contributed by atoms with van der Waals surface area (Å²) < 4.78 is 29.1. The van der Waals surface area contributed by atoms with Crippen LogP contribution in [0.25, 0.3) is 22.1 Å². The Balaban J connectivity index is 1.97. The van der Waals surface area contributed by atoms with Crippen molar-refractivity contribution in [2.45, 2.75) is 38.7 Å². The maximum atomic E-state index is 13.7. The van der Waals surface area contributed by atoms with E-state index in [0.717, 1.165) is 11.8 Å². The Morgan fingerprint density at radius 3 is 2.96 bits per heavy atom. The zero-order valence-corrected chi connectivity index (χ0v) is 13.7. The van der Waals surface area contributed by atoms with E-state index < -0.39 is 6.43 Å². The first-order chi connectivity index (χ1) is 12.0. The van der Waals surface area contributed by atoms with E-state index in [1.165, 1.54) is 6.20 Å². The number of halogens is 2. The summed E-state index contributed by atoms with van der Waals surface area (Å²) >= 11 is 0. The maximum absolute atomic E-state index is 13.7. The van der Waals surface area contributed by atoms with Crippen LogP contribution in [0, 0.1) is 11.8 Å². The van der Waals surface area contributed by atoms with Crippen molar-refractivity contribution >= 4 is 28.0 Å². The zero-order valence-electron chi connectivity index (χ0n) is 13.7. The lowest BCUT2D eigenvalue weighted by Gasteiger charge is -2.23. The van der Waals surface area contributed by atoms with Gasteiger partial charge >= 0.3 is 0 Å². The molecular formula is C17H19F2N5O. The molecule has 3 atom stereocenters. The minimum Gasteiger partial charge on any atom is -0.369 e. The monoisotopic (exact) mass is 347 g/mol. The van der Waals surface area contributed by atoms with Gasteiger partial charge in [-0.15, -0.1) is 0 Å². The van der Waals surface area contributed by atoms with Gasteiger partial charge in [-0.3, -0.25) is 4.79 Å². The summed E-state index contributed by atoms with van der Waals surface area (Å²) in [5.41, 5.74) is 7.21. The van der Waals surface area contributed by atoms with Crippen LogP contribution in [0.3, 0.4) is 0 Å². The van der Waals surface area contributed by atoms with Crippen molar-refractivity contribution in [1.82, 2.24) is 19.5 Å². The first kappa shape index (κ1) is 16.0. The second kappa shape index (κ2) is 5.79. The molecule has 6 nitrogen and oxygen atoms in total. The first-order valence-electron chi connectivity index (χ1n) is 8.42. The molecule has 132 valence electrons. The van der Waals surface area contributed by atoms with Gasteiger partial charge in [0.15, 0.2) is 5.82 Å². The van der Waals surface area contributed by atoms with E-state index in [9.17, 15) is 13.6 Å². The van der Waals surface area contributed by atoms with Crippen molar-refractivity contribution < 1.29 is 13.6 Å². The molecule has 25 heavy (non-hydrogen) atoms. The molecular weight excluding hydrogens is 328 g/mol. The van der Waals surface area contributed by atoms with Crippen molar-refractivity contribution in [2.75, 3.05) is 0 Å². The number of aromatic amines is 1. The van der Waals surface area contributed by atoms with Crippen LogP contribution in [-0.2, 0) is 4.79 Å². The number of primary amides is 1. The van der Waals surface area contributed by atoms with Crippen LogP contribution in [-0.4, -0.2) is 25.4 Å². The predicted octanol–water partition coefficient (Wildman–Crippen LogP) is 3.31. The van der Waals surface area contributed by atoms with Crippen LogP contribution in [0.4, 0.5) is 8.78 Å². The number of nitrogens with two attached hydrogens (primary N) is 1. The number of aromatic nitrogens is 4. The number of hydrogen-bond donors (Lipinski definition) is 2. The molecule has 1 fully saturated rings. The molecule has 1 aliphatic carbocycles. The molecule has 4 rings (SSSR count). The summed E-state index contributed by atoms with van der Waals surface area (Å²) in [5.74, 6) is -0.812. The van der Waals surface area contributed by atoms with E-state index >= 15 is 0 Å². The number of nitrogens with zero attached hydrogens (tertiary/aromatic N) is 3. The van der Waals surface area contributed by atoms with E-state index in [1.54, 1.807) is 10.8 Å². The van der Waals surface area contributed by atoms with Gasteiger partial charge in [0.05, 0.1) is 11.7 Å². The lowest BCUT2D eigenvalue weighted by molar-refractivity contribution is -0.121. The van der Waals surface area contributed by atoms with Crippen LogP contribution in [0.2, 0.25) is 0 Å². The van der Waals surface area contributed by atoms with Crippen LogP contribution in [0.15, 0.2) is 18.5 Å². The Kier molecular flexibility index (Phi) is 3.70. The molecule has 8 heteroatoms. The van der Waals surface area contributed by atoms with E-state index in [0.29, 0.717) is 29.5 Å². The predicted molar refractivity (Wildman–Crippen MR) is 89.1 cm³/mol. The third kappa shape index (κ3) is 2.39. The summed E-state index contributed by atoms with van der Waals surface area (Å²) in [7, 11) is 0. The topological polar surface area (TPSA) is 89.6 Å². The number of carbonyl (C=O) groups excluding carboxylic acids is 1. The lowest BCUT2D eigenvalue weighted by atomic mass is 9.99. The number of hydrogen-bond acceptors (Lipinski definition) is 3. The maximum Gasteiger partial charge on any atom is 0.295 e. The summed E-state index contributed by atoms with van der Waals surface area (Å²) in [6.45, 7) is 2.01. The van der Waals surface area contributed by atoms with E-state index in [-0.39, 0.29) is 29.6 Å². The second-order valence-corrected chi connectivity index (χ2v) is 6.68. The molecule has 1 amide bonds. The number of rotatable bonds is 4. The van der Waals surface area contributed by atoms with Gasteiger partial charge in [-0.05, 0) is 24.8 Å². The van der Waals surface area contributed by atoms with Gasteiger partial charge < -0.3 is 15.3 Å². The molecule has 3 aromatic rings. The van der Waals surface area contributed by atoms with Gasteiger partial charge in [0.2, 0.25) is 5.91 Å². The average molecular weight is 347 g/mol. The Labute approximate surface area is 142 Å². The van der Waals surface area contributed by atoms with Crippen molar-refractivity contribution in [3.63, 3.8) is 0 Å². The third-order valence-electron chi connectivity index (χ3n) is 5.37. The van der Waals surface area contributed by atoms with Crippen LogP contribution < -0.4 is 5.73 Å². The highest BCUT2D eigenvalue weighted by atomic mass is 19.3. The molecule has 0 unspecified atom stereocenters. The normalized spacial score (nSPS) is 23.9. The standard InChI is InChI=1S/C17H19F2N5O/c1-2-8-5-9(15(20)25)6-12(8)24-13-10-3-4-21-16(10)22-7-11(13)23-17(24)14(18)19/h3-4,7-9,12,14H,2,5-6H2,1H3,(H2,20,25)(H,21,22)/t8-,9+,12+/m1/s1. The van der Waals surface area contributed by atoms with Gasteiger partial charge in [-0.2, -0.15) is 0 Å². The zero-order chi connectivity index (χ0) is 17.7. The Bertz CT molecular complexity index is 947. The number of H-pyrrole nitrogens is 1. The number of carbonyl (C=O) groups is 1. The highest BCUT2D eigenvalue weighted by Gasteiger charge is 2.40. The Hall–Kier alpha value is -2.51. The SMILES string of the molecule is CC[C@@H]1C[C@H](C(N)=O)C[C@@H]1n1c(C(F)F)nc2cnc3[nH]ccc3c21. The van der Waals surface area contributed by atoms with Gasteiger partial charge in [-0.1, -0.05) is 13.3 Å². The molecule has 0 aliphatic heterocycles. The van der Waals surface area contributed by atoms with E-state index in [4.69, 9.17) is 5.73 Å². The van der Waals surface area contributed by atoms with Gasteiger partial charge in [-0.25, -0.2) is 18.7 Å². The molecule has 1 saturated carbocycles. The molecule has 0 radical (unpaired) electrons. The number of amides is 1. The largest absolute Gasteiger partial charge is 0.369 e. The summed E-state index contributed by atoms with van der Waals surface area (Å²) in [4.78, 5) is 23.1. The van der Waals surface area contributed by atoms with Crippen LogP contribution >= 0.6 is 0 Å². The fourth-order valence-electron chi connectivity index (χ4n) is 4.19. The van der Waals surface area contributed by atoms with Gasteiger partial charge in [0.1, 0.15) is 11.2 Å². The number of nitrogens with one attached hydrogen (secondary N) is 1. The quantitative estimate of drug-likeness (QED) is 0.759. The molecule has 3 heterocycles. The fourth-order valence-corrected chi connectivity index (χ4v) is 4.19. The van der Waals surface area contributed by atoms with Gasteiger partial charge in [0.25, 0.3) is 6.43 Å². The van der Waals surface area contributed by atoms with Crippen LogP contribution in [0.5, 0.6) is 0 Å². The van der Waals surface area contributed by atoms with E-state index in [2.05, 4.69) is 15.0 Å². The van der Waals surface area contributed by atoms with Crippen molar-refractivity contribution in [1.29, 1.82) is 0 Å². The second-order valence-electron chi connectivity index (χ2n) is 6.68.